The molecule has 0 radical (unpaired) electrons. The van der Waals surface area contributed by atoms with Crippen LogP contribution >= 0.6 is 0 Å². The molecule has 2 aliphatic rings. The predicted octanol–water partition coefficient (Wildman–Crippen LogP) is 5.00. The second-order valence-electron chi connectivity index (χ2n) is 8.31. The molecule has 1 fully saturated rings. The van der Waals surface area contributed by atoms with Crippen LogP contribution in [0.3, 0.4) is 0 Å². The highest BCUT2D eigenvalue weighted by Gasteiger charge is 2.46. The molecule has 1 saturated heterocycles. The van der Waals surface area contributed by atoms with Gasteiger partial charge in [-0.3, -0.25) is 20.0 Å². The maximum Gasteiger partial charge on any atom is 0.432 e. The van der Waals surface area contributed by atoms with Gasteiger partial charge in [0.2, 0.25) is 0 Å². The normalized spacial score (nSPS) is 20.0. The Hall–Kier alpha value is -3.68. The van der Waals surface area contributed by atoms with E-state index in [-0.39, 0.29) is 16.3 Å². The van der Waals surface area contributed by atoms with Crippen molar-refractivity contribution in [2.75, 3.05) is 19.8 Å². The number of allylic oxidation sites excluding steroid dienone is 1. The SMILES string of the molecule is O=C1C=C[N+](C(=O)NCN2CCCC2)(c2ccc(F)cc2)c2cc(-c3ccncc3)ccc21. The average Bonchev–Trinajstić information content (AvgIpc) is 3.38. The number of fused-ring (bicyclic) bond motifs is 1. The number of ketones is 1. The van der Waals surface area contributed by atoms with Gasteiger partial charge in [-0.25, -0.2) is 9.18 Å². The lowest BCUT2D eigenvalue weighted by Crippen LogP contribution is -2.54. The Labute approximate surface area is 191 Å². The third kappa shape index (κ3) is 3.86. The number of nitrogens with one attached hydrogen (secondary N) is 1. The van der Waals surface area contributed by atoms with Crippen LogP contribution in [0.5, 0.6) is 0 Å². The summed E-state index contributed by atoms with van der Waals surface area (Å²) in [7, 11) is 0. The van der Waals surface area contributed by atoms with E-state index in [0.29, 0.717) is 23.6 Å². The third-order valence-corrected chi connectivity index (χ3v) is 6.31. The van der Waals surface area contributed by atoms with Crippen molar-refractivity contribution in [3.63, 3.8) is 0 Å². The van der Waals surface area contributed by atoms with Gasteiger partial charge in [-0.1, -0.05) is 6.07 Å². The van der Waals surface area contributed by atoms with Crippen LogP contribution in [0.1, 0.15) is 23.2 Å². The first-order chi connectivity index (χ1) is 16.1. The molecule has 2 amide bonds. The van der Waals surface area contributed by atoms with E-state index < -0.39 is 5.82 Å². The van der Waals surface area contributed by atoms with E-state index in [1.165, 1.54) is 18.2 Å². The second kappa shape index (κ2) is 8.69. The summed E-state index contributed by atoms with van der Waals surface area (Å²) >= 11 is 0. The van der Waals surface area contributed by atoms with Crippen molar-refractivity contribution in [1.82, 2.24) is 19.7 Å². The van der Waals surface area contributed by atoms with Gasteiger partial charge in [0.15, 0.2) is 17.2 Å². The highest BCUT2D eigenvalue weighted by molar-refractivity contribution is 6.14. The molecule has 1 N–H and O–H groups in total. The minimum Gasteiger partial charge on any atom is -0.292 e. The third-order valence-electron chi connectivity index (χ3n) is 6.31. The zero-order valence-electron chi connectivity index (χ0n) is 18.1. The van der Waals surface area contributed by atoms with Crippen LogP contribution < -0.4 is 9.80 Å². The Kier molecular flexibility index (Phi) is 5.58. The maximum absolute atomic E-state index is 13.8. The van der Waals surface area contributed by atoms with Gasteiger partial charge in [-0.05, 0) is 67.4 Å². The van der Waals surface area contributed by atoms with Gasteiger partial charge >= 0.3 is 6.03 Å². The predicted molar refractivity (Wildman–Crippen MR) is 125 cm³/mol. The number of rotatable bonds is 4. The van der Waals surface area contributed by atoms with Crippen molar-refractivity contribution in [2.24, 2.45) is 0 Å². The number of pyridine rings is 1. The number of aromatic nitrogens is 1. The van der Waals surface area contributed by atoms with Crippen LogP contribution in [0.2, 0.25) is 0 Å². The van der Waals surface area contributed by atoms with Crippen molar-refractivity contribution in [3.05, 3.63) is 90.6 Å². The van der Waals surface area contributed by atoms with E-state index in [1.54, 1.807) is 36.8 Å². The lowest BCUT2D eigenvalue weighted by Gasteiger charge is -2.34. The van der Waals surface area contributed by atoms with Crippen LogP contribution in [0.25, 0.3) is 11.1 Å². The number of hydrogen-bond acceptors (Lipinski definition) is 4. The summed E-state index contributed by atoms with van der Waals surface area (Å²) in [6.07, 6.45) is 8.64. The van der Waals surface area contributed by atoms with Crippen LogP contribution in [0, 0.1) is 5.82 Å². The molecular formula is C26H24FN4O2+. The Morgan fingerprint density at radius 1 is 1.00 bits per heavy atom. The summed E-state index contributed by atoms with van der Waals surface area (Å²) in [5, 5.41) is 3.06. The molecule has 1 atom stereocenters. The first kappa shape index (κ1) is 21.2. The Morgan fingerprint density at radius 2 is 1.73 bits per heavy atom. The fraction of sp³-hybridized carbons (Fsp3) is 0.192. The molecule has 0 aliphatic carbocycles. The highest BCUT2D eigenvalue weighted by Crippen LogP contribution is 2.43. The fourth-order valence-corrected chi connectivity index (χ4v) is 4.55. The number of hydrogen-bond donors (Lipinski definition) is 1. The molecule has 3 aromatic rings. The lowest BCUT2D eigenvalue weighted by atomic mass is 9.96. The number of amides is 2. The van der Waals surface area contributed by atoms with Gasteiger partial charge in [-0.2, -0.15) is 0 Å². The number of quaternary nitrogens is 1. The monoisotopic (exact) mass is 443 g/mol. The van der Waals surface area contributed by atoms with Gasteiger partial charge in [-0.15, -0.1) is 4.48 Å². The summed E-state index contributed by atoms with van der Waals surface area (Å²) in [5.74, 6) is -0.563. The van der Waals surface area contributed by atoms with Gasteiger partial charge < -0.3 is 0 Å². The molecule has 0 spiro atoms. The number of benzene rings is 2. The van der Waals surface area contributed by atoms with Crippen molar-refractivity contribution in [2.45, 2.75) is 12.8 Å². The maximum atomic E-state index is 13.8. The number of urea groups is 1. The van der Waals surface area contributed by atoms with Gasteiger partial charge in [0.1, 0.15) is 12.0 Å². The molecule has 2 aliphatic heterocycles. The van der Waals surface area contributed by atoms with E-state index in [4.69, 9.17) is 0 Å². The van der Waals surface area contributed by atoms with Gasteiger partial charge in [0.25, 0.3) is 0 Å². The molecule has 3 heterocycles. The topological polar surface area (TPSA) is 62.3 Å². The first-order valence-corrected chi connectivity index (χ1v) is 11.0. The number of carbonyl (C=O) groups is 2. The summed E-state index contributed by atoms with van der Waals surface area (Å²) in [6, 6.07) is 14.8. The van der Waals surface area contributed by atoms with E-state index in [9.17, 15) is 14.0 Å². The second-order valence-corrected chi connectivity index (χ2v) is 8.31. The molecule has 6 nitrogen and oxygen atoms in total. The summed E-state index contributed by atoms with van der Waals surface area (Å²) < 4.78 is 13.4. The number of carbonyl (C=O) groups excluding carboxylic acids is 2. The number of nitrogens with zero attached hydrogens (tertiary/aromatic N) is 3. The highest BCUT2D eigenvalue weighted by atomic mass is 19.1. The van der Waals surface area contributed by atoms with Crippen LogP contribution in [-0.2, 0) is 0 Å². The number of halogens is 1. The molecule has 0 saturated carbocycles. The Balaban J connectivity index is 1.65. The quantitative estimate of drug-likeness (QED) is 0.577. The molecule has 33 heavy (non-hydrogen) atoms. The average molecular weight is 444 g/mol. The molecule has 5 rings (SSSR count). The minimum atomic E-state index is -0.391. The van der Waals surface area contributed by atoms with Crippen molar-refractivity contribution in [3.8, 4) is 11.1 Å². The van der Waals surface area contributed by atoms with Gasteiger partial charge in [0, 0.05) is 36.7 Å². The molecule has 0 bridgehead atoms. The number of likely N-dealkylation sites (tertiary alicyclic amines) is 1. The molecule has 2 aromatic carbocycles. The van der Waals surface area contributed by atoms with E-state index >= 15 is 0 Å². The zero-order chi connectivity index (χ0) is 22.8. The van der Waals surface area contributed by atoms with Crippen LogP contribution in [-0.4, -0.2) is 41.5 Å². The molecule has 166 valence electrons. The van der Waals surface area contributed by atoms with Crippen LogP contribution in [0.15, 0.2) is 79.3 Å². The van der Waals surface area contributed by atoms with E-state index in [1.807, 2.05) is 24.3 Å². The fourth-order valence-electron chi connectivity index (χ4n) is 4.55. The summed E-state index contributed by atoms with van der Waals surface area (Å²) in [6.45, 7) is 2.29. The van der Waals surface area contributed by atoms with E-state index in [2.05, 4.69) is 15.2 Å². The van der Waals surface area contributed by atoms with Crippen molar-refractivity contribution in [1.29, 1.82) is 0 Å². The first-order valence-electron chi connectivity index (χ1n) is 11.0. The standard InChI is InChI=1S/C26H23FN4O2/c27-21-4-6-22(7-5-21)31(26(33)29-18-30-14-1-2-15-30)16-11-25(32)23-8-3-20(17-24(23)31)19-9-12-28-13-10-19/h3-13,16-17H,1-2,14-15,18H2/p+1. The molecular weight excluding hydrogens is 419 g/mol. The van der Waals surface area contributed by atoms with Crippen molar-refractivity contribution >= 4 is 23.2 Å². The van der Waals surface area contributed by atoms with E-state index in [0.717, 1.165) is 37.1 Å². The van der Waals surface area contributed by atoms with Crippen LogP contribution in [0.4, 0.5) is 20.6 Å². The van der Waals surface area contributed by atoms with Crippen molar-refractivity contribution < 1.29 is 14.0 Å². The molecule has 7 heteroatoms. The summed E-state index contributed by atoms with van der Waals surface area (Å²) in [4.78, 5) is 32.9. The van der Waals surface area contributed by atoms with Gasteiger partial charge in [0.05, 0.1) is 12.2 Å². The smallest absolute Gasteiger partial charge is 0.292 e. The minimum absolute atomic E-state index is 0.172. The molecule has 1 unspecified atom stereocenters. The Morgan fingerprint density at radius 3 is 2.45 bits per heavy atom. The largest absolute Gasteiger partial charge is 0.432 e. The zero-order valence-corrected chi connectivity index (χ0v) is 18.1. The Bertz CT molecular complexity index is 1220. The summed E-state index contributed by atoms with van der Waals surface area (Å²) in [5.41, 5.74) is 3.30. The lowest BCUT2D eigenvalue weighted by molar-refractivity contribution is 0.104. The molecule has 1 aromatic heterocycles.